The van der Waals surface area contributed by atoms with Crippen LogP contribution in [-0.4, -0.2) is 46.8 Å². The van der Waals surface area contributed by atoms with Crippen LogP contribution >= 0.6 is 12.4 Å². The molecule has 2 aromatic carbocycles. The number of nitrogens with one attached hydrogen (secondary N) is 1. The maximum absolute atomic E-state index is 13.3. The van der Waals surface area contributed by atoms with Crippen LogP contribution in [0.5, 0.6) is 0 Å². The molecule has 5 nitrogen and oxygen atoms in total. The average Bonchev–Trinajstić information content (AvgIpc) is 3.38. The Morgan fingerprint density at radius 3 is 2.54 bits per heavy atom. The van der Waals surface area contributed by atoms with Crippen LogP contribution in [0.15, 0.2) is 60.8 Å². The highest BCUT2D eigenvalue weighted by Gasteiger charge is 2.28. The molecule has 1 unspecified atom stereocenters. The molecule has 1 saturated heterocycles. The van der Waals surface area contributed by atoms with Crippen LogP contribution in [0, 0.1) is 6.92 Å². The number of aryl methyl sites for hydroxylation is 1. The summed E-state index contributed by atoms with van der Waals surface area (Å²) in [7, 11) is 1.89. The van der Waals surface area contributed by atoms with Gasteiger partial charge in [-0.25, -0.2) is 4.68 Å². The summed E-state index contributed by atoms with van der Waals surface area (Å²) >= 11 is 0. The summed E-state index contributed by atoms with van der Waals surface area (Å²) < 4.78 is 1.80. The van der Waals surface area contributed by atoms with Crippen molar-refractivity contribution in [3.05, 3.63) is 71.9 Å². The summed E-state index contributed by atoms with van der Waals surface area (Å²) in [5, 5.41) is 8.13. The monoisotopic (exact) mass is 396 g/mol. The highest BCUT2D eigenvalue weighted by molar-refractivity contribution is 6.00. The maximum Gasteiger partial charge on any atom is 0.257 e. The molecule has 1 atom stereocenters. The standard InChI is InChI=1S/C22H24N4O.ClH/c1-16-8-6-7-11-19(16)21-20(22(27)25(2)18-12-13-23-14-18)15-26(24-21)17-9-4-3-5-10-17;/h3-11,15,18,23H,12-14H2,1-2H3;1H. The molecular formula is C22H25ClN4O. The van der Waals surface area contributed by atoms with Crippen molar-refractivity contribution in [1.82, 2.24) is 20.0 Å². The second-order valence-corrected chi connectivity index (χ2v) is 7.05. The molecule has 2 heterocycles. The van der Waals surface area contributed by atoms with E-state index in [0.717, 1.165) is 42.0 Å². The molecule has 0 saturated carbocycles. The molecule has 0 aliphatic carbocycles. The Morgan fingerprint density at radius 2 is 1.86 bits per heavy atom. The number of likely N-dealkylation sites (N-methyl/N-ethyl adjacent to an activating group) is 1. The summed E-state index contributed by atoms with van der Waals surface area (Å²) in [4.78, 5) is 15.2. The minimum absolute atomic E-state index is 0. The second kappa shape index (κ2) is 8.59. The van der Waals surface area contributed by atoms with Crippen LogP contribution in [0.3, 0.4) is 0 Å². The normalized spacial score (nSPS) is 15.9. The van der Waals surface area contributed by atoms with Crippen molar-refractivity contribution >= 4 is 18.3 Å². The van der Waals surface area contributed by atoms with Gasteiger partial charge in [-0.2, -0.15) is 5.10 Å². The van der Waals surface area contributed by atoms with Gasteiger partial charge in [-0.3, -0.25) is 4.79 Å². The molecule has 3 aromatic rings. The lowest BCUT2D eigenvalue weighted by Gasteiger charge is -2.23. The van der Waals surface area contributed by atoms with Gasteiger partial charge >= 0.3 is 0 Å². The molecule has 1 aromatic heterocycles. The Morgan fingerprint density at radius 1 is 1.14 bits per heavy atom. The Kier molecular flexibility index (Phi) is 6.17. The van der Waals surface area contributed by atoms with Gasteiger partial charge in [0.1, 0.15) is 5.69 Å². The van der Waals surface area contributed by atoms with Gasteiger partial charge in [0.25, 0.3) is 5.91 Å². The number of nitrogens with zero attached hydrogens (tertiary/aromatic N) is 3. The number of amides is 1. The van der Waals surface area contributed by atoms with E-state index in [1.807, 2.05) is 66.7 Å². The van der Waals surface area contributed by atoms with E-state index in [0.29, 0.717) is 5.56 Å². The largest absolute Gasteiger partial charge is 0.337 e. The molecule has 0 bridgehead atoms. The lowest BCUT2D eigenvalue weighted by molar-refractivity contribution is 0.0744. The Balaban J connectivity index is 0.00000225. The summed E-state index contributed by atoms with van der Waals surface area (Å²) in [6.45, 7) is 3.85. The van der Waals surface area contributed by atoms with E-state index in [-0.39, 0.29) is 24.4 Å². The predicted molar refractivity (Wildman–Crippen MR) is 114 cm³/mol. The topological polar surface area (TPSA) is 50.2 Å². The van der Waals surface area contributed by atoms with Crippen LogP contribution in [0.4, 0.5) is 0 Å². The zero-order valence-electron chi connectivity index (χ0n) is 16.1. The van der Waals surface area contributed by atoms with Crippen molar-refractivity contribution in [2.24, 2.45) is 0 Å². The molecule has 146 valence electrons. The summed E-state index contributed by atoms with van der Waals surface area (Å²) in [6, 6.07) is 18.2. The smallest absolute Gasteiger partial charge is 0.257 e. The van der Waals surface area contributed by atoms with E-state index >= 15 is 0 Å². The SMILES string of the molecule is Cc1ccccc1-c1nn(-c2ccccc2)cc1C(=O)N(C)C1CCNC1.Cl. The molecule has 0 radical (unpaired) electrons. The van der Waals surface area contributed by atoms with E-state index in [2.05, 4.69) is 18.3 Å². The molecule has 1 aliphatic rings. The van der Waals surface area contributed by atoms with Gasteiger partial charge in [-0.1, -0.05) is 42.5 Å². The van der Waals surface area contributed by atoms with E-state index in [1.54, 1.807) is 4.68 Å². The quantitative estimate of drug-likeness (QED) is 0.731. The van der Waals surface area contributed by atoms with Crippen LogP contribution in [-0.2, 0) is 0 Å². The summed E-state index contributed by atoms with van der Waals surface area (Å²) in [6.07, 6.45) is 2.84. The summed E-state index contributed by atoms with van der Waals surface area (Å²) in [5.74, 6) is 0.0177. The number of carbonyl (C=O) groups is 1. The van der Waals surface area contributed by atoms with Crippen LogP contribution in [0.1, 0.15) is 22.3 Å². The van der Waals surface area contributed by atoms with Crippen molar-refractivity contribution < 1.29 is 4.79 Å². The summed E-state index contributed by atoms with van der Waals surface area (Å²) in [5.41, 5.74) is 4.42. The molecule has 6 heteroatoms. The van der Waals surface area contributed by atoms with E-state index in [4.69, 9.17) is 5.10 Å². The lowest BCUT2D eigenvalue weighted by atomic mass is 10.0. The number of hydrogen-bond acceptors (Lipinski definition) is 3. The third-order valence-electron chi connectivity index (χ3n) is 5.27. The van der Waals surface area contributed by atoms with Crippen molar-refractivity contribution in [3.63, 3.8) is 0 Å². The number of benzene rings is 2. The Bertz CT molecular complexity index is 948. The number of aromatic nitrogens is 2. The van der Waals surface area contributed by atoms with Crippen molar-refractivity contribution in [2.75, 3.05) is 20.1 Å². The first-order chi connectivity index (χ1) is 13.1. The molecular weight excluding hydrogens is 372 g/mol. The van der Waals surface area contributed by atoms with Gasteiger partial charge in [0.15, 0.2) is 0 Å². The predicted octanol–water partition coefficient (Wildman–Crippen LogP) is 3.70. The second-order valence-electron chi connectivity index (χ2n) is 7.05. The van der Waals surface area contributed by atoms with Crippen molar-refractivity contribution in [3.8, 4) is 16.9 Å². The third kappa shape index (κ3) is 3.81. The van der Waals surface area contributed by atoms with E-state index < -0.39 is 0 Å². The zero-order valence-corrected chi connectivity index (χ0v) is 16.9. The van der Waals surface area contributed by atoms with Gasteiger partial charge in [0, 0.05) is 31.4 Å². The van der Waals surface area contributed by atoms with Gasteiger partial charge < -0.3 is 10.2 Å². The molecule has 28 heavy (non-hydrogen) atoms. The van der Waals surface area contributed by atoms with Crippen LogP contribution < -0.4 is 5.32 Å². The first-order valence-electron chi connectivity index (χ1n) is 9.34. The van der Waals surface area contributed by atoms with Gasteiger partial charge in [0.05, 0.1) is 11.3 Å². The number of halogens is 1. The highest BCUT2D eigenvalue weighted by atomic mass is 35.5. The minimum Gasteiger partial charge on any atom is -0.337 e. The zero-order chi connectivity index (χ0) is 18.8. The first-order valence-corrected chi connectivity index (χ1v) is 9.34. The van der Waals surface area contributed by atoms with Gasteiger partial charge in [-0.05, 0) is 37.6 Å². The third-order valence-corrected chi connectivity index (χ3v) is 5.27. The number of carbonyl (C=O) groups excluding carboxylic acids is 1. The van der Waals surface area contributed by atoms with Crippen LogP contribution in [0.2, 0.25) is 0 Å². The van der Waals surface area contributed by atoms with Gasteiger partial charge in [-0.15, -0.1) is 12.4 Å². The van der Waals surface area contributed by atoms with Gasteiger partial charge in [0.2, 0.25) is 0 Å². The van der Waals surface area contributed by atoms with E-state index in [9.17, 15) is 4.79 Å². The van der Waals surface area contributed by atoms with Crippen LogP contribution in [0.25, 0.3) is 16.9 Å². The molecule has 1 fully saturated rings. The Labute approximate surface area is 171 Å². The maximum atomic E-state index is 13.3. The number of hydrogen-bond donors (Lipinski definition) is 1. The number of para-hydroxylation sites is 1. The molecule has 4 rings (SSSR count). The lowest BCUT2D eigenvalue weighted by Crippen LogP contribution is -2.38. The highest BCUT2D eigenvalue weighted by Crippen LogP contribution is 2.28. The van der Waals surface area contributed by atoms with Crippen molar-refractivity contribution in [2.45, 2.75) is 19.4 Å². The fourth-order valence-electron chi connectivity index (χ4n) is 3.61. The molecule has 1 N–H and O–H groups in total. The fourth-order valence-corrected chi connectivity index (χ4v) is 3.61. The fraction of sp³-hybridized carbons (Fsp3) is 0.273. The molecule has 1 aliphatic heterocycles. The van der Waals surface area contributed by atoms with Crippen molar-refractivity contribution in [1.29, 1.82) is 0 Å². The molecule has 1 amide bonds. The first kappa shape index (κ1) is 20.1. The van der Waals surface area contributed by atoms with E-state index in [1.165, 1.54) is 0 Å². The number of rotatable bonds is 4. The molecule has 0 spiro atoms. The Hall–Kier alpha value is -2.63. The average molecular weight is 397 g/mol. The minimum atomic E-state index is 0.